The van der Waals surface area contributed by atoms with Crippen molar-refractivity contribution >= 4 is 28.9 Å². The minimum absolute atomic E-state index is 0.00392. The number of carboxylic acid groups (broad SMARTS) is 1. The third-order valence-corrected chi connectivity index (χ3v) is 3.98. The minimum Gasteiger partial charge on any atom is -0.478 e. The van der Waals surface area contributed by atoms with Crippen molar-refractivity contribution in [1.29, 1.82) is 0 Å². The van der Waals surface area contributed by atoms with Gasteiger partial charge in [0.2, 0.25) is 5.91 Å². The SMILES string of the molecule is CC(=O)Nc1ccc(C(=O)O)cc1-n1ccnc1-c1cccc([N+](=O)[O-])c1N. The fourth-order valence-corrected chi connectivity index (χ4v) is 2.76. The van der Waals surface area contributed by atoms with E-state index in [9.17, 15) is 24.8 Å². The Balaban J connectivity index is 2.23. The number of nitrogens with two attached hydrogens (primary N) is 1. The largest absolute Gasteiger partial charge is 0.478 e. The first-order valence-corrected chi connectivity index (χ1v) is 8.01. The summed E-state index contributed by atoms with van der Waals surface area (Å²) < 4.78 is 1.51. The van der Waals surface area contributed by atoms with E-state index in [0.29, 0.717) is 16.9 Å². The first-order chi connectivity index (χ1) is 13.3. The van der Waals surface area contributed by atoms with Crippen LogP contribution in [0.1, 0.15) is 17.3 Å². The Hall–Kier alpha value is -4.21. The zero-order chi connectivity index (χ0) is 20.4. The zero-order valence-corrected chi connectivity index (χ0v) is 14.6. The molecule has 1 aromatic heterocycles. The molecule has 3 rings (SSSR count). The summed E-state index contributed by atoms with van der Waals surface area (Å²) >= 11 is 0. The smallest absolute Gasteiger partial charge is 0.335 e. The van der Waals surface area contributed by atoms with Crippen molar-refractivity contribution in [3.05, 3.63) is 64.5 Å². The maximum absolute atomic E-state index is 11.5. The molecule has 0 saturated heterocycles. The molecular formula is C18H15N5O5. The molecular weight excluding hydrogens is 366 g/mol. The molecule has 0 fully saturated rings. The van der Waals surface area contributed by atoms with Gasteiger partial charge < -0.3 is 16.2 Å². The summed E-state index contributed by atoms with van der Waals surface area (Å²) in [5.74, 6) is -1.23. The summed E-state index contributed by atoms with van der Waals surface area (Å²) in [4.78, 5) is 37.7. The van der Waals surface area contributed by atoms with E-state index < -0.39 is 10.9 Å². The summed E-state index contributed by atoms with van der Waals surface area (Å²) in [7, 11) is 0. The number of hydrogen-bond donors (Lipinski definition) is 3. The fourth-order valence-electron chi connectivity index (χ4n) is 2.76. The number of amides is 1. The molecule has 4 N–H and O–H groups in total. The molecule has 0 aliphatic rings. The van der Waals surface area contributed by atoms with Gasteiger partial charge in [-0.15, -0.1) is 0 Å². The van der Waals surface area contributed by atoms with Gasteiger partial charge in [-0.05, 0) is 24.3 Å². The lowest BCUT2D eigenvalue weighted by molar-refractivity contribution is -0.383. The average molecular weight is 381 g/mol. The molecule has 0 unspecified atom stereocenters. The van der Waals surface area contributed by atoms with Gasteiger partial charge in [0, 0.05) is 30.9 Å². The molecule has 0 spiro atoms. The third-order valence-electron chi connectivity index (χ3n) is 3.98. The van der Waals surface area contributed by atoms with E-state index in [0.717, 1.165) is 0 Å². The van der Waals surface area contributed by atoms with Crippen LogP contribution in [-0.2, 0) is 4.79 Å². The molecule has 10 heteroatoms. The molecule has 1 heterocycles. The molecule has 0 bridgehead atoms. The molecule has 2 aromatic carbocycles. The van der Waals surface area contributed by atoms with Crippen molar-refractivity contribution in [2.24, 2.45) is 0 Å². The maximum Gasteiger partial charge on any atom is 0.335 e. The molecule has 10 nitrogen and oxygen atoms in total. The van der Waals surface area contributed by atoms with Crippen molar-refractivity contribution in [3.8, 4) is 17.1 Å². The highest BCUT2D eigenvalue weighted by Crippen LogP contribution is 2.34. The number of imidazole rings is 1. The van der Waals surface area contributed by atoms with E-state index in [-0.39, 0.29) is 28.7 Å². The fraction of sp³-hybridized carbons (Fsp3) is 0.0556. The average Bonchev–Trinajstić information content (AvgIpc) is 3.10. The van der Waals surface area contributed by atoms with Crippen LogP contribution in [0.15, 0.2) is 48.8 Å². The molecule has 0 radical (unpaired) electrons. The van der Waals surface area contributed by atoms with Crippen LogP contribution in [0, 0.1) is 10.1 Å². The number of para-hydroxylation sites is 1. The molecule has 142 valence electrons. The molecule has 0 atom stereocenters. The third kappa shape index (κ3) is 3.38. The van der Waals surface area contributed by atoms with Gasteiger partial charge in [0.05, 0.1) is 21.9 Å². The van der Waals surface area contributed by atoms with Crippen LogP contribution in [0.5, 0.6) is 0 Å². The molecule has 0 saturated carbocycles. The summed E-state index contributed by atoms with van der Waals surface area (Å²) in [6, 6.07) is 8.51. The van der Waals surface area contributed by atoms with Crippen molar-refractivity contribution in [3.63, 3.8) is 0 Å². The van der Waals surface area contributed by atoms with Crippen LogP contribution in [-0.4, -0.2) is 31.5 Å². The van der Waals surface area contributed by atoms with Gasteiger partial charge in [0.15, 0.2) is 0 Å². The van der Waals surface area contributed by atoms with Crippen LogP contribution in [0.25, 0.3) is 17.1 Å². The summed E-state index contributed by atoms with van der Waals surface area (Å²) in [6.45, 7) is 1.32. The number of carbonyl (C=O) groups excluding carboxylic acids is 1. The van der Waals surface area contributed by atoms with Gasteiger partial charge in [-0.3, -0.25) is 19.5 Å². The van der Waals surface area contributed by atoms with E-state index >= 15 is 0 Å². The molecule has 28 heavy (non-hydrogen) atoms. The van der Waals surface area contributed by atoms with E-state index in [4.69, 9.17) is 5.73 Å². The first kappa shape index (κ1) is 18.6. The Morgan fingerprint density at radius 1 is 1.29 bits per heavy atom. The number of nitrogens with zero attached hydrogens (tertiary/aromatic N) is 3. The standard InChI is InChI=1S/C18H15N5O5/c1-10(24)21-13-6-5-11(18(25)26)9-15(13)22-8-7-20-17(22)12-3-2-4-14(16(12)19)23(27)28/h2-9H,19H2,1H3,(H,21,24)(H,25,26). The highest BCUT2D eigenvalue weighted by Gasteiger charge is 2.20. The van der Waals surface area contributed by atoms with Crippen molar-refractivity contribution in [1.82, 2.24) is 9.55 Å². The predicted molar refractivity (Wildman–Crippen MR) is 101 cm³/mol. The lowest BCUT2D eigenvalue weighted by atomic mass is 10.1. The predicted octanol–water partition coefficient (Wildman–Crippen LogP) is 2.69. The van der Waals surface area contributed by atoms with Gasteiger partial charge in [-0.2, -0.15) is 0 Å². The molecule has 3 aromatic rings. The normalized spacial score (nSPS) is 10.5. The maximum atomic E-state index is 11.5. The number of nitro groups is 1. The van der Waals surface area contributed by atoms with Gasteiger partial charge in [0.1, 0.15) is 11.5 Å². The lowest BCUT2D eigenvalue weighted by Gasteiger charge is -2.15. The van der Waals surface area contributed by atoms with Gasteiger partial charge >= 0.3 is 5.97 Å². The van der Waals surface area contributed by atoms with Crippen LogP contribution in [0.2, 0.25) is 0 Å². The number of nitrogen functional groups attached to an aromatic ring is 1. The van der Waals surface area contributed by atoms with Gasteiger partial charge in [0.25, 0.3) is 5.69 Å². The van der Waals surface area contributed by atoms with Crippen molar-refractivity contribution < 1.29 is 19.6 Å². The van der Waals surface area contributed by atoms with Crippen molar-refractivity contribution in [2.75, 3.05) is 11.1 Å². The Bertz CT molecular complexity index is 1110. The van der Waals surface area contributed by atoms with E-state index in [1.165, 1.54) is 48.0 Å². The lowest BCUT2D eigenvalue weighted by Crippen LogP contribution is -2.11. The van der Waals surface area contributed by atoms with Gasteiger partial charge in [-0.25, -0.2) is 9.78 Å². The highest BCUT2D eigenvalue weighted by molar-refractivity contribution is 5.94. The Morgan fingerprint density at radius 2 is 2.04 bits per heavy atom. The number of carboxylic acids is 1. The second-order valence-electron chi connectivity index (χ2n) is 5.83. The Morgan fingerprint density at radius 3 is 2.68 bits per heavy atom. The Labute approximate surface area is 158 Å². The van der Waals surface area contributed by atoms with Crippen LogP contribution < -0.4 is 11.1 Å². The number of nitrogens with one attached hydrogen (secondary N) is 1. The number of benzene rings is 2. The topological polar surface area (TPSA) is 153 Å². The number of nitro benzene ring substituents is 1. The summed E-state index contributed by atoms with van der Waals surface area (Å²) in [5, 5.41) is 23.1. The first-order valence-electron chi connectivity index (χ1n) is 8.01. The number of aromatic carboxylic acids is 1. The second-order valence-corrected chi connectivity index (χ2v) is 5.83. The number of rotatable bonds is 5. The van der Waals surface area contributed by atoms with Crippen LogP contribution >= 0.6 is 0 Å². The second kappa shape index (κ2) is 7.19. The van der Waals surface area contributed by atoms with Gasteiger partial charge in [-0.1, -0.05) is 6.07 Å². The molecule has 0 aliphatic heterocycles. The molecule has 0 aliphatic carbocycles. The summed E-state index contributed by atoms with van der Waals surface area (Å²) in [5.41, 5.74) is 6.59. The number of carbonyl (C=O) groups is 2. The number of hydrogen-bond acceptors (Lipinski definition) is 6. The highest BCUT2D eigenvalue weighted by atomic mass is 16.6. The van der Waals surface area contributed by atoms with E-state index in [1.807, 2.05) is 0 Å². The van der Waals surface area contributed by atoms with Crippen LogP contribution in [0.3, 0.4) is 0 Å². The van der Waals surface area contributed by atoms with Crippen molar-refractivity contribution in [2.45, 2.75) is 6.92 Å². The molecule has 1 amide bonds. The van der Waals surface area contributed by atoms with E-state index in [2.05, 4.69) is 10.3 Å². The quantitative estimate of drug-likeness (QED) is 0.349. The van der Waals surface area contributed by atoms with Crippen LogP contribution in [0.4, 0.5) is 17.1 Å². The number of anilines is 2. The monoisotopic (exact) mass is 381 g/mol. The minimum atomic E-state index is -1.15. The summed E-state index contributed by atoms with van der Waals surface area (Å²) in [6.07, 6.45) is 2.98. The Kier molecular flexibility index (Phi) is 4.77. The van der Waals surface area contributed by atoms with E-state index in [1.54, 1.807) is 12.3 Å². The zero-order valence-electron chi connectivity index (χ0n) is 14.6. The number of aromatic nitrogens is 2.